The van der Waals surface area contributed by atoms with Crippen molar-refractivity contribution in [3.63, 3.8) is 0 Å². The minimum absolute atomic E-state index is 0.225. The number of esters is 1. The van der Waals surface area contributed by atoms with Gasteiger partial charge in [-0.3, -0.25) is 0 Å². The van der Waals surface area contributed by atoms with E-state index in [0.29, 0.717) is 0 Å². The predicted octanol–water partition coefficient (Wildman–Crippen LogP) is 1.82. The molecule has 0 aliphatic heterocycles. The van der Waals surface area contributed by atoms with Gasteiger partial charge < -0.3 is 9.47 Å². The average Bonchev–Trinajstić information content (AvgIpc) is 2.33. The summed E-state index contributed by atoms with van der Waals surface area (Å²) in [5, 5.41) is 0. The molecule has 0 atom stereocenters. The summed E-state index contributed by atoms with van der Waals surface area (Å²) < 4.78 is 67.8. The summed E-state index contributed by atoms with van der Waals surface area (Å²) in [5.41, 5.74) is -0.389. The highest BCUT2D eigenvalue weighted by molar-refractivity contribution is 7.90. The highest BCUT2D eigenvalue weighted by Gasteiger charge is 2.29. The Labute approximate surface area is 113 Å². The molecule has 9 heteroatoms. The molecule has 0 fully saturated rings. The first-order valence-corrected chi connectivity index (χ1v) is 7.05. The van der Waals surface area contributed by atoms with Gasteiger partial charge in [-0.15, -0.1) is 0 Å². The minimum atomic E-state index is -4.58. The number of halogens is 3. The van der Waals surface area contributed by atoms with Crippen LogP contribution in [0, 0.1) is 0 Å². The molecule has 5 nitrogen and oxygen atoms in total. The average molecular weight is 312 g/mol. The van der Waals surface area contributed by atoms with E-state index in [2.05, 4.69) is 9.47 Å². The molecule has 0 heterocycles. The van der Waals surface area contributed by atoms with Crippen molar-refractivity contribution in [1.29, 1.82) is 0 Å². The second-order valence-electron chi connectivity index (χ2n) is 3.83. The molecule has 0 N–H and O–H groups in total. The Morgan fingerprint density at radius 3 is 2.35 bits per heavy atom. The van der Waals surface area contributed by atoms with Crippen molar-refractivity contribution >= 4 is 15.8 Å². The second kappa shape index (κ2) is 5.70. The molecular weight excluding hydrogens is 301 g/mol. The van der Waals surface area contributed by atoms with Gasteiger partial charge in [0.1, 0.15) is 11.3 Å². The quantitative estimate of drug-likeness (QED) is 0.793. The zero-order valence-electron chi connectivity index (χ0n) is 10.5. The van der Waals surface area contributed by atoms with Crippen LogP contribution in [0.5, 0.6) is 5.75 Å². The van der Waals surface area contributed by atoms with Crippen molar-refractivity contribution in [2.45, 2.75) is 11.1 Å². The number of hydrogen-bond acceptors (Lipinski definition) is 5. The van der Waals surface area contributed by atoms with E-state index in [0.717, 1.165) is 31.6 Å². The van der Waals surface area contributed by atoms with Gasteiger partial charge in [0.25, 0.3) is 0 Å². The van der Waals surface area contributed by atoms with Crippen LogP contribution in [0.1, 0.15) is 10.4 Å². The van der Waals surface area contributed by atoms with E-state index in [1.807, 2.05) is 0 Å². The van der Waals surface area contributed by atoms with Gasteiger partial charge in [0, 0.05) is 6.26 Å². The summed E-state index contributed by atoms with van der Waals surface area (Å²) in [6.07, 6.45) is -3.68. The zero-order valence-corrected chi connectivity index (χ0v) is 11.3. The fraction of sp³-hybridized carbons (Fsp3) is 0.364. The van der Waals surface area contributed by atoms with Gasteiger partial charge in [0.2, 0.25) is 0 Å². The molecule has 0 aliphatic rings. The third-order valence-electron chi connectivity index (χ3n) is 2.18. The molecule has 1 aromatic rings. The number of sulfone groups is 1. The van der Waals surface area contributed by atoms with Crippen molar-refractivity contribution in [2.75, 3.05) is 20.0 Å². The van der Waals surface area contributed by atoms with Gasteiger partial charge in [-0.1, -0.05) is 0 Å². The van der Waals surface area contributed by atoms with Crippen LogP contribution in [0.25, 0.3) is 0 Å². The lowest BCUT2D eigenvalue weighted by Crippen LogP contribution is -2.20. The first-order valence-electron chi connectivity index (χ1n) is 5.16. The fourth-order valence-corrected chi connectivity index (χ4v) is 1.94. The zero-order chi connectivity index (χ0) is 15.6. The highest BCUT2D eigenvalue weighted by atomic mass is 32.2. The molecular formula is C11H11F3O5S. The Balaban J connectivity index is 3.21. The summed E-state index contributed by atoms with van der Waals surface area (Å²) in [7, 11) is -2.60. The van der Waals surface area contributed by atoms with Crippen molar-refractivity contribution in [1.82, 2.24) is 0 Å². The van der Waals surface area contributed by atoms with Crippen LogP contribution in [0.3, 0.4) is 0 Å². The van der Waals surface area contributed by atoms with Gasteiger partial charge in [-0.2, -0.15) is 13.2 Å². The molecule has 0 bridgehead atoms. The lowest BCUT2D eigenvalue weighted by atomic mass is 10.2. The van der Waals surface area contributed by atoms with Crippen molar-refractivity contribution < 1.29 is 35.9 Å². The molecule has 112 valence electrons. The Kier molecular flexibility index (Phi) is 4.64. The van der Waals surface area contributed by atoms with Gasteiger partial charge in [-0.05, 0) is 18.2 Å². The van der Waals surface area contributed by atoms with Crippen LogP contribution in [0.15, 0.2) is 23.1 Å². The van der Waals surface area contributed by atoms with Crippen LogP contribution in [0.4, 0.5) is 13.2 Å². The van der Waals surface area contributed by atoms with Crippen LogP contribution in [0.2, 0.25) is 0 Å². The number of rotatable bonds is 4. The predicted molar refractivity (Wildman–Crippen MR) is 62.4 cm³/mol. The molecule has 0 spiro atoms. The summed E-state index contributed by atoms with van der Waals surface area (Å²) in [6, 6.07) is 2.94. The largest absolute Gasteiger partial charge is 0.483 e. The molecule has 0 saturated carbocycles. The molecule has 0 aromatic heterocycles. The summed E-state index contributed by atoms with van der Waals surface area (Å²) in [5.74, 6) is -1.39. The number of hydrogen-bond donors (Lipinski definition) is 0. The van der Waals surface area contributed by atoms with E-state index in [4.69, 9.17) is 0 Å². The third kappa shape index (κ3) is 4.41. The molecule has 1 aromatic carbocycles. The SMILES string of the molecule is COC(=O)c1cc(S(C)(=O)=O)ccc1OCC(F)(F)F. The standard InChI is InChI=1S/C11H11F3O5S/c1-18-10(15)8-5-7(20(2,16)17)3-4-9(8)19-6-11(12,13)14/h3-5H,6H2,1-2H3. The molecule has 0 saturated heterocycles. The second-order valence-corrected chi connectivity index (χ2v) is 5.84. The minimum Gasteiger partial charge on any atom is -0.483 e. The molecule has 0 amide bonds. The summed E-state index contributed by atoms with van der Waals surface area (Å²) >= 11 is 0. The molecule has 0 unspecified atom stereocenters. The number of alkyl halides is 3. The Bertz CT molecular complexity index is 607. The van der Waals surface area contributed by atoms with E-state index < -0.39 is 34.3 Å². The number of benzene rings is 1. The van der Waals surface area contributed by atoms with Crippen LogP contribution >= 0.6 is 0 Å². The normalized spacial score (nSPS) is 12.1. The summed E-state index contributed by atoms with van der Waals surface area (Å²) in [6.45, 7) is -1.60. The van der Waals surface area contributed by atoms with Gasteiger partial charge in [-0.25, -0.2) is 13.2 Å². The number of carbonyl (C=O) groups excluding carboxylic acids is 1. The monoisotopic (exact) mass is 312 g/mol. The highest BCUT2D eigenvalue weighted by Crippen LogP contribution is 2.25. The maximum absolute atomic E-state index is 12.1. The van der Waals surface area contributed by atoms with Gasteiger partial charge in [0.15, 0.2) is 16.4 Å². The van der Waals surface area contributed by atoms with Gasteiger partial charge in [0.05, 0.1) is 12.0 Å². The fourth-order valence-electron chi connectivity index (χ4n) is 1.29. The first-order chi connectivity index (χ1) is 9.04. The molecule has 20 heavy (non-hydrogen) atoms. The van der Waals surface area contributed by atoms with Crippen molar-refractivity contribution in [3.8, 4) is 5.75 Å². The maximum atomic E-state index is 12.1. The van der Waals surface area contributed by atoms with Crippen molar-refractivity contribution in [3.05, 3.63) is 23.8 Å². The van der Waals surface area contributed by atoms with E-state index in [1.165, 1.54) is 0 Å². The Morgan fingerprint density at radius 2 is 1.90 bits per heavy atom. The molecule has 1 rings (SSSR count). The van der Waals surface area contributed by atoms with Crippen molar-refractivity contribution in [2.24, 2.45) is 0 Å². The van der Waals surface area contributed by atoms with E-state index in [-0.39, 0.29) is 10.5 Å². The van der Waals surface area contributed by atoms with E-state index >= 15 is 0 Å². The molecule has 0 radical (unpaired) electrons. The summed E-state index contributed by atoms with van der Waals surface area (Å²) in [4.78, 5) is 11.2. The number of ether oxygens (including phenoxy) is 2. The maximum Gasteiger partial charge on any atom is 0.422 e. The van der Waals surface area contributed by atoms with Crippen LogP contribution < -0.4 is 4.74 Å². The topological polar surface area (TPSA) is 69.7 Å². The Morgan fingerprint density at radius 1 is 1.30 bits per heavy atom. The van der Waals surface area contributed by atoms with Crippen LogP contribution in [-0.2, 0) is 14.6 Å². The number of carbonyl (C=O) groups is 1. The van der Waals surface area contributed by atoms with Gasteiger partial charge >= 0.3 is 12.1 Å². The number of methoxy groups -OCH3 is 1. The smallest absolute Gasteiger partial charge is 0.422 e. The van der Waals surface area contributed by atoms with Crippen LogP contribution in [-0.4, -0.2) is 40.5 Å². The lowest BCUT2D eigenvalue weighted by Gasteiger charge is -2.13. The lowest BCUT2D eigenvalue weighted by molar-refractivity contribution is -0.153. The van der Waals surface area contributed by atoms with E-state index in [1.54, 1.807) is 0 Å². The third-order valence-corrected chi connectivity index (χ3v) is 3.29. The first kappa shape index (κ1) is 16.3. The Hall–Kier alpha value is -1.77. The van der Waals surface area contributed by atoms with E-state index in [9.17, 15) is 26.4 Å². The molecule has 0 aliphatic carbocycles.